The second-order valence-electron chi connectivity index (χ2n) is 12.4. The van der Waals surface area contributed by atoms with E-state index in [1.807, 2.05) is 0 Å². The molecule has 1 aliphatic heterocycles. The number of ether oxygens (including phenoxy) is 1. The summed E-state index contributed by atoms with van der Waals surface area (Å²) in [4.78, 5) is 51.7. The van der Waals surface area contributed by atoms with Gasteiger partial charge >= 0.3 is 5.97 Å². The number of amides is 3. The van der Waals surface area contributed by atoms with E-state index in [0.717, 1.165) is 30.7 Å². The maximum atomic E-state index is 13.2. The van der Waals surface area contributed by atoms with Crippen LogP contribution in [0.1, 0.15) is 127 Å². The second kappa shape index (κ2) is 21.8. The molecule has 3 rings (SSSR count). The van der Waals surface area contributed by atoms with Crippen LogP contribution in [0.4, 0.5) is 11.4 Å². The van der Waals surface area contributed by atoms with Crippen molar-refractivity contribution in [2.45, 2.75) is 117 Å². The Labute approximate surface area is 305 Å². The van der Waals surface area contributed by atoms with Gasteiger partial charge in [-0.3, -0.25) is 19.2 Å². The van der Waals surface area contributed by atoms with Gasteiger partial charge in [0.15, 0.2) is 0 Å². The molecule has 1 heterocycles. The molecule has 1 unspecified atom stereocenters. The molecule has 3 amide bonds. The van der Waals surface area contributed by atoms with Crippen molar-refractivity contribution in [3.05, 3.63) is 57.0 Å². The first kappa shape index (κ1) is 40.3. The van der Waals surface area contributed by atoms with Gasteiger partial charge in [0.25, 0.3) is 11.8 Å². The van der Waals surface area contributed by atoms with Gasteiger partial charge in [0, 0.05) is 16.3 Å². The van der Waals surface area contributed by atoms with Crippen molar-refractivity contribution >= 4 is 75.7 Å². The summed E-state index contributed by atoms with van der Waals surface area (Å²) < 4.78 is 5.21. The van der Waals surface area contributed by atoms with Gasteiger partial charge in [-0.05, 0) is 43.7 Å². The zero-order valence-electron chi connectivity index (χ0n) is 28.6. The van der Waals surface area contributed by atoms with Crippen LogP contribution in [0.3, 0.4) is 0 Å². The number of hydrogen-bond donors (Lipinski definition) is 2. The summed E-state index contributed by atoms with van der Waals surface area (Å²) in [5.74, 6) is -2.87. The van der Waals surface area contributed by atoms with Crippen LogP contribution in [-0.4, -0.2) is 36.1 Å². The van der Waals surface area contributed by atoms with E-state index in [4.69, 9.17) is 39.5 Å². The van der Waals surface area contributed by atoms with Gasteiger partial charge in [-0.2, -0.15) is 10.1 Å². The molecule has 2 N–H and O–H groups in total. The fraction of sp³-hybridized carbons (Fsp3) is 0.541. The number of nitrogens with one attached hydrogen (secondary N) is 2. The number of unbranched alkanes of at least 4 members (excludes halogenated alkanes) is 13. The van der Waals surface area contributed by atoms with Crippen molar-refractivity contribution in [3.63, 3.8) is 0 Å². The van der Waals surface area contributed by atoms with Crippen LogP contribution >= 0.6 is 34.8 Å². The molecule has 0 saturated heterocycles. The van der Waals surface area contributed by atoms with Gasteiger partial charge in [-0.15, -0.1) is 0 Å². The minimum atomic E-state index is -0.953. The molecule has 0 saturated carbocycles. The lowest BCUT2D eigenvalue weighted by Crippen LogP contribution is -2.32. The number of halogens is 3. The third kappa shape index (κ3) is 13.6. The Morgan fingerprint density at radius 2 is 1.39 bits per heavy atom. The van der Waals surface area contributed by atoms with Gasteiger partial charge in [0.05, 0.1) is 23.1 Å². The van der Waals surface area contributed by atoms with Crippen LogP contribution in [0.5, 0.6) is 0 Å². The van der Waals surface area contributed by atoms with E-state index < -0.39 is 29.6 Å². The van der Waals surface area contributed by atoms with Crippen LogP contribution in [-0.2, 0) is 19.1 Å². The maximum Gasteiger partial charge on any atom is 0.318 e. The number of rotatable bonds is 21. The number of nitrogens with zero attached hydrogens (tertiary/aromatic N) is 2. The number of anilines is 2. The molecule has 0 bridgehead atoms. The predicted molar refractivity (Wildman–Crippen MR) is 199 cm³/mol. The van der Waals surface area contributed by atoms with Gasteiger partial charge in [0.1, 0.15) is 17.4 Å². The number of hydrazone groups is 1. The summed E-state index contributed by atoms with van der Waals surface area (Å²) in [6.07, 6.45) is 17.3. The molecular formula is C37H49Cl3N4O5. The van der Waals surface area contributed by atoms with E-state index in [1.165, 1.54) is 82.4 Å². The molecule has 49 heavy (non-hydrogen) atoms. The number of benzene rings is 2. The molecule has 0 fully saturated rings. The number of carbonyl (C=O) groups is 4. The third-order valence-corrected chi connectivity index (χ3v) is 9.15. The topological polar surface area (TPSA) is 117 Å². The normalized spacial score (nSPS) is 13.3. The van der Waals surface area contributed by atoms with Crippen molar-refractivity contribution in [1.29, 1.82) is 0 Å². The number of hydrogen-bond acceptors (Lipinski definition) is 6. The second-order valence-corrected chi connectivity index (χ2v) is 13.6. The highest BCUT2D eigenvalue weighted by molar-refractivity contribution is 6.42. The van der Waals surface area contributed by atoms with Crippen molar-refractivity contribution in [3.8, 4) is 0 Å². The Bertz CT molecular complexity index is 1430. The van der Waals surface area contributed by atoms with Crippen LogP contribution in [0.15, 0.2) is 41.5 Å². The van der Waals surface area contributed by atoms with Crippen LogP contribution in [0.2, 0.25) is 15.1 Å². The van der Waals surface area contributed by atoms with Gasteiger partial charge in [-0.1, -0.05) is 138 Å². The minimum absolute atomic E-state index is 0.0991. The van der Waals surface area contributed by atoms with Gasteiger partial charge in [-0.25, -0.2) is 0 Å². The van der Waals surface area contributed by atoms with Crippen molar-refractivity contribution in [2.24, 2.45) is 11.0 Å². The van der Waals surface area contributed by atoms with Gasteiger partial charge in [0.2, 0.25) is 5.91 Å². The first-order valence-electron chi connectivity index (χ1n) is 17.6. The highest BCUT2D eigenvalue weighted by Gasteiger charge is 2.31. The smallest absolute Gasteiger partial charge is 0.318 e. The summed E-state index contributed by atoms with van der Waals surface area (Å²) in [5.41, 5.74) is 0.726. The molecule has 2 aromatic rings. The fourth-order valence-corrected chi connectivity index (χ4v) is 6.70. The Morgan fingerprint density at radius 1 is 0.816 bits per heavy atom. The lowest BCUT2D eigenvalue weighted by Gasteiger charge is -2.16. The Balaban J connectivity index is 1.47. The molecule has 12 heteroatoms. The lowest BCUT2D eigenvalue weighted by molar-refractivity contribution is -0.151. The average molecular weight is 736 g/mol. The summed E-state index contributed by atoms with van der Waals surface area (Å²) in [6.45, 7) is 4.13. The molecule has 2 aromatic carbocycles. The van der Waals surface area contributed by atoms with Crippen LogP contribution in [0.25, 0.3) is 0 Å². The van der Waals surface area contributed by atoms with E-state index in [1.54, 1.807) is 25.1 Å². The molecule has 1 atom stereocenters. The standard InChI is InChI=1S/C37H49Cl3N4O5/c1-3-5-6-7-8-9-10-11-12-13-14-15-16-17-21-29(37(48)49-4-2)36(47)41-28-20-18-19-26(22-28)35(46)42-32-25-33(45)44(43-32)34-30(39)23-27(38)24-31(34)40/h18-20,22-24,29H,3-17,21,25H2,1-2H3,(H,41,47)(H,42,43,46). The van der Waals surface area contributed by atoms with Crippen molar-refractivity contribution < 1.29 is 23.9 Å². The Kier molecular flexibility index (Phi) is 18.0. The minimum Gasteiger partial charge on any atom is -0.465 e. The largest absolute Gasteiger partial charge is 0.465 e. The summed E-state index contributed by atoms with van der Waals surface area (Å²) in [6, 6.07) is 9.17. The van der Waals surface area contributed by atoms with E-state index in [9.17, 15) is 19.2 Å². The number of carbonyl (C=O) groups excluding carboxylic acids is 4. The summed E-state index contributed by atoms with van der Waals surface area (Å²) >= 11 is 18.5. The van der Waals surface area contributed by atoms with E-state index >= 15 is 0 Å². The zero-order chi connectivity index (χ0) is 35.6. The predicted octanol–water partition coefficient (Wildman–Crippen LogP) is 10.1. The average Bonchev–Trinajstić information content (AvgIpc) is 3.41. The van der Waals surface area contributed by atoms with E-state index in [0.29, 0.717) is 17.1 Å². The van der Waals surface area contributed by atoms with E-state index in [2.05, 4.69) is 22.7 Å². The Morgan fingerprint density at radius 3 is 1.96 bits per heavy atom. The molecule has 0 spiro atoms. The molecule has 0 radical (unpaired) electrons. The molecule has 0 aromatic heterocycles. The molecule has 268 valence electrons. The Hall–Kier alpha value is -3.14. The first-order chi connectivity index (χ1) is 23.6. The van der Waals surface area contributed by atoms with Crippen molar-refractivity contribution in [2.75, 3.05) is 16.9 Å². The summed E-state index contributed by atoms with van der Waals surface area (Å²) in [7, 11) is 0. The quantitative estimate of drug-likeness (QED) is 0.0752. The monoisotopic (exact) mass is 734 g/mol. The number of amidine groups is 1. The third-order valence-electron chi connectivity index (χ3n) is 8.35. The first-order valence-corrected chi connectivity index (χ1v) is 18.7. The highest BCUT2D eigenvalue weighted by Crippen LogP contribution is 2.38. The fourth-order valence-electron chi connectivity index (χ4n) is 5.72. The van der Waals surface area contributed by atoms with Crippen LogP contribution < -0.4 is 15.6 Å². The lowest BCUT2D eigenvalue weighted by atomic mass is 9.98. The zero-order valence-corrected chi connectivity index (χ0v) is 30.9. The highest BCUT2D eigenvalue weighted by atomic mass is 35.5. The molecular weight excluding hydrogens is 687 g/mol. The van der Waals surface area contributed by atoms with Crippen LogP contribution in [0, 0.1) is 5.92 Å². The van der Waals surface area contributed by atoms with E-state index in [-0.39, 0.29) is 40.2 Å². The molecule has 9 nitrogen and oxygen atoms in total. The van der Waals surface area contributed by atoms with Gasteiger partial charge < -0.3 is 15.4 Å². The molecule has 0 aliphatic carbocycles. The van der Waals surface area contributed by atoms with Crippen molar-refractivity contribution in [1.82, 2.24) is 5.32 Å². The maximum absolute atomic E-state index is 13.2. The molecule has 1 aliphatic rings. The SMILES string of the molecule is CCCCCCCCCCCCCCCCC(C(=O)Nc1cccc(C(=O)NC2=NN(c3c(Cl)cc(Cl)cc3Cl)C(=O)C2)c1)C(=O)OCC. The summed E-state index contributed by atoms with van der Waals surface area (Å²) in [5, 5.41) is 11.2. The number of esters is 1.